The average molecular weight is 749 g/mol. The van der Waals surface area contributed by atoms with Crippen LogP contribution in [0.15, 0.2) is 48.0 Å². The molecular formula is C44H52N4O7. The van der Waals surface area contributed by atoms with Crippen LogP contribution < -0.4 is 4.74 Å². The second kappa shape index (κ2) is 13.1. The van der Waals surface area contributed by atoms with Gasteiger partial charge in [-0.1, -0.05) is 29.8 Å². The molecule has 55 heavy (non-hydrogen) atoms. The van der Waals surface area contributed by atoms with E-state index in [4.69, 9.17) is 14.2 Å². The van der Waals surface area contributed by atoms with E-state index >= 15 is 0 Å². The number of hydrogen-bond donors (Lipinski definition) is 3. The molecule has 290 valence electrons. The maximum Gasteiger partial charge on any atom is 0.319 e. The molecule has 4 aromatic rings. The van der Waals surface area contributed by atoms with Gasteiger partial charge in [0.1, 0.15) is 22.4 Å². The number of para-hydroxylation sites is 1. The summed E-state index contributed by atoms with van der Waals surface area (Å²) in [5.74, 6) is -0.491. The first-order chi connectivity index (χ1) is 26.6. The number of ketones is 1. The third-order valence-electron chi connectivity index (χ3n) is 14.7. The average Bonchev–Trinajstić information content (AvgIpc) is 3.72. The number of ether oxygens (including phenoxy) is 3. The van der Waals surface area contributed by atoms with Gasteiger partial charge in [0, 0.05) is 94.3 Å². The van der Waals surface area contributed by atoms with Crippen molar-refractivity contribution in [2.75, 3.05) is 54.6 Å². The second-order valence-electron chi connectivity index (χ2n) is 16.9. The number of esters is 2. The minimum absolute atomic E-state index is 0.122. The smallest absolute Gasteiger partial charge is 0.319 e. The fourth-order valence-electron chi connectivity index (χ4n) is 12.4. The van der Waals surface area contributed by atoms with Crippen LogP contribution >= 0.6 is 0 Å². The molecule has 1 saturated carbocycles. The van der Waals surface area contributed by atoms with Crippen molar-refractivity contribution in [1.29, 1.82) is 0 Å². The van der Waals surface area contributed by atoms with Crippen molar-refractivity contribution >= 4 is 39.5 Å². The Balaban J connectivity index is 1.30. The molecule has 2 aromatic heterocycles. The van der Waals surface area contributed by atoms with Crippen LogP contribution in [0.5, 0.6) is 5.75 Å². The van der Waals surface area contributed by atoms with E-state index in [9.17, 15) is 19.5 Å². The molecule has 2 aromatic carbocycles. The number of likely N-dealkylation sites (N-methyl/N-ethyl adjacent to an activating group) is 1. The summed E-state index contributed by atoms with van der Waals surface area (Å²) in [5, 5.41) is 13.6. The number of Topliss-reactive ketones (excluding diaryl/α,β-unsaturated/α-hetero) is 1. The zero-order chi connectivity index (χ0) is 38.6. The Kier molecular flexibility index (Phi) is 8.60. The Morgan fingerprint density at radius 2 is 1.78 bits per heavy atom. The van der Waals surface area contributed by atoms with Crippen molar-refractivity contribution in [3.8, 4) is 5.75 Å². The standard InChI is InChI=1S/C44H52N4O7/c1-7-25-21-47(3)37-17-32-26-10-8-9-11-34(26)45-38(32)31(16-33(25)44(37,22-49)42(52)55-6)30-15-29-27-12-13-48-20-24-14-28(23(2)50)40(48)43(19-24,41(51)54-5)39(27)46-35(29)18-36(30)53-4/h7-11,15,18,24,28,31,33,37,40,45-46,49H,12-14,16-17,19-22H2,1-6H3/b25-7-/t24-,28-,31+,33+,37+,40+,43-,44?/m1/s1. The summed E-state index contributed by atoms with van der Waals surface area (Å²) in [6.45, 7) is 5.61. The number of aliphatic hydroxyl groups is 1. The molecule has 11 heteroatoms. The number of carbonyl (C=O) groups excluding carboxylic acids is 3. The van der Waals surface area contributed by atoms with Gasteiger partial charge >= 0.3 is 11.9 Å². The number of methoxy groups -OCH3 is 3. The Bertz CT molecular complexity index is 2270. The highest BCUT2D eigenvalue weighted by molar-refractivity contribution is 5.94. The monoisotopic (exact) mass is 748 g/mol. The number of aliphatic hydroxyl groups excluding tert-OH is 1. The molecule has 6 bridgehead atoms. The Morgan fingerprint density at radius 3 is 2.49 bits per heavy atom. The second-order valence-corrected chi connectivity index (χ2v) is 16.9. The molecule has 0 radical (unpaired) electrons. The van der Waals surface area contributed by atoms with Crippen LogP contribution in [0.1, 0.15) is 67.1 Å². The third-order valence-corrected chi connectivity index (χ3v) is 14.7. The first-order valence-corrected chi connectivity index (χ1v) is 19.8. The number of nitrogens with zero attached hydrogens (tertiary/aromatic N) is 2. The number of aromatic nitrogens is 2. The molecule has 3 N–H and O–H groups in total. The maximum atomic E-state index is 14.3. The number of hydrogen-bond acceptors (Lipinski definition) is 9. The van der Waals surface area contributed by atoms with E-state index in [1.165, 1.54) is 14.2 Å². The lowest BCUT2D eigenvalue weighted by Gasteiger charge is -2.57. The number of fused-ring (bicyclic) bond motifs is 9. The van der Waals surface area contributed by atoms with Gasteiger partial charge in [0.2, 0.25) is 0 Å². The Hall–Kier alpha value is -4.45. The first kappa shape index (κ1) is 36.2. The van der Waals surface area contributed by atoms with Gasteiger partial charge in [-0.25, -0.2) is 0 Å². The van der Waals surface area contributed by atoms with Crippen LogP contribution in [0.2, 0.25) is 0 Å². The Labute approximate surface area is 321 Å². The minimum Gasteiger partial charge on any atom is -0.496 e. The Morgan fingerprint density at radius 1 is 1.00 bits per heavy atom. The van der Waals surface area contributed by atoms with E-state index in [1.54, 1.807) is 14.0 Å². The van der Waals surface area contributed by atoms with Gasteiger partial charge in [0.05, 0.1) is 27.9 Å². The predicted molar refractivity (Wildman–Crippen MR) is 208 cm³/mol. The summed E-state index contributed by atoms with van der Waals surface area (Å²) in [7, 11) is 6.61. The van der Waals surface area contributed by atoms with E-state index in [1.807, 2.05) is 26.1 Å². The molecular weight excluding hydrogens is 697 g/mol. The molecule has 11 nitrogen and oxygen atoms in total. The molecule has 6 aliphatic rings. The van der Waals surface area contributed by atoms with Crippen molar-refractivity contribution < 1.29 is 33.7 Å². The summed E-state index contributed by atoms with van der Waals surface area (Å²) < 4.78 is 17.5. The fourth-order valence-corrected chi connectivity index (χ4v) is 12.4. The molecule has 2 aliphatic carbocycles. The number of carbonyl (C=O) groups is 3. The summed E-state index contributed by atoms with van der Waals surface area (Å²) in [6.07, 6.45) is 5.31. The molecule has 0 amide bonds. The van der Waals surface area contributed by atoms with E-state index in [-0.39, 0.29) is 54.1 Å². The molecule has 4 fully saturated rings. The van der Waals surface area contributed by atoms with Crippen molar-refractivity contribution in [2.45, 2.75) is 69.4 Å². The van der Waals surface area contributed by atoms with Gasteiger partial charge in [-0.15, -0.1) is 0 Å². The zero-order valence-corrected chi connectivity index (χ0v) is 32.7. The lowest BCUT2D eigenvalue weighted by atomic mass is 9.56. The van der Waals surface area contributed by atoms with Crippen molar-refractivity contribution in [2.24, 2.45) is 23.2 Å². The van der Waals surface area contributed by atoms with Gasteiger partial charge in [-0.05, 0) is 82.2 Å². The SMILES string of the molecule is C/C=C1/CN(C)[C@H]2Cc3c([nH]c4ccccc34)[C@H](c3cc4c5c([nH]c4cc3OC)[C@]3(C(=O)OC)C[C@H]4C[C@H](C(C)=O)[C@@H]3N(CC5)C4)C[C@@H]1C2(CO)C(=O)OC. The molecule has 2 unspecified atom stereocenters. The minimum atomic E-state index is -1.20. The molecule has 6 heterocycles. The molecule has 0 spiro atoms. The van der Waals surface area contributed by atoms with E-state index in [0.29, 0.717) is 38.0 Å². The number of aromatic amines is 2. The largest absolute Gasteiger partial charge is 0.496 e. The normalized spacial score (nSPS) is 33.4. The maximum absolute atomic E-state index is 14.3. The molecule has 10 rings (SSSR count). The van der Waals surface area contributed by atoms with Crippen molar-refractivity contribution in [1.82, 2.24) is 19.8 Å². The third kappa shape index (κ3) is 4.88. The molecule has 9 atom stereocenters. The quantitative estimate of drug-likeness (QED) is 0.183. The van der Waals surface area contributed by atoms with E-state index in [2.05, 4.69) is 50.1 Å². The van der Waals surface area contributed by atoms with Crippen molar-refractivity contribution in [3.05, 3.63) is 76.1 Å². The van der Waals surface area contributed by atoms with Crippen molar-refractivity contribution in [3.63, 3.8) is 0 Å². The number of benzene rings is 2. The molecule has 3 saturated heterocycles. The zero-order valence-electron chi connectivity index (χ0n) is 32.7. The van der Waals surface area contributed by atoms with Gasteiger partial charge in [-0.3, -0.25) is 24.2 Å². The lowest BCUT2D eigenvalue weighted by Crippen LogP contribution is -2.68. The number of allylic oxidation sites excluding steroid dienone is 1. The van der Waals surface area contributed by atoms with E-state index in [0.717, 1.165) is 75.0 Å². The van der Waals surface area contributed by atoms with Crippen LogP contribution in [0.3, 0.4) is 0 Å². The predicted octanol–water partition coefficient (Wildman–Crippen LogP) is 5.03. The van der Waals surface area contributed by atoms with Gasteiger partial charge < -0.3 is 29.3 Å². The van der Waals surface area contributed by atoms with Crippen LogP contribution in [-0.2, 0) is 42.1 Å². The number of likely N-dealkylation sites (tertiary alicyclic amines) is 1. The number of H-pyrrole nitrogens is 2. The fraction of sp³-hybridized carbons (Fsp3) is 0.523. The van der Waals surface area contributed by atoms with Gasteiger partial charge in [0.15, 0.2) is 0 Å². The summed E-state index contributed by atoms with van der Waals surface area (Å²) in [6, 6.07) is 12.0. The number of nitrogens with one attached hydrogen (secondary N) is 2. The summed E-state index contributed by atoms with van der Waals surface area (Å²) in [4.78, 5) is 53.8. The highest BCUT2D eigenvalue weighted by Crippen LogP contribution is 2.57. The number of piperidine rings is 3. The van der Waals surface area contributed by atoms with Gasteiger partial charge in [0.25, 0.3) is 0 Å². The van der Waals surface area contributed by atoms with Crippen LogP contribution in [0.4, 0.5) is 0 Å². The lowest BCUT2D eigenvalue weighted by molar-refractivity contribution is -0.169. The van der Waals surface area contributed by atoms with Crippen LogP contribution in [0, 0.1) is 23.2 Å². The summed E-state index contributed by atoms with van der Waals surface area (Å²) in [5.41, 5.74) is 5.89. The number of rotatable bonds is 6. The first-order valence-electron chi connectivity index (χ1n) is 19.8. The van der Waals surface area contributed by atoms with E-state index < -0.39 is 16.8 Å². The highest BCUT2D eigenvalue weighted by atomic mass is 16.5. The summed E-state index contributed by atoms with van der Waals surface area (Å²) >= 11 is 0. The molecule has 4 aliphatic heterocycles. The van der Waals surface area contributed by atoms with Crippen LogP contribution in [0.25, 0.3) is 21.8 Å². The van der Waals surface area contributed by atoms with Crippen LogP contribution in [-0.4, -0.2) is 109 Å². The topological polar surface area (TPSA) is 137 Å². The van der Waals surface area contributed by atoms with Gasteiger partial charge in [-0.2, -0.15) is 0 Å². The highest BCUT2D eigenvalue weighted by Gasteiger charge is 2.64.